The largest absolute Gasteiger partial charge is 0.463 e. The number of nitrogens with one attached hydrogen (secondary N) is 2. The van der Waals surface area contributed by atoms with Gasteiger partial charge in [0.15, 0.2) is 9.84 Å². The standard InChI is InChI=1S/C20H19N7O6S2/c1-33-20(28)19-22-13-7-3-6-12(16(13)23-19)11-8-9-14(34(29,30)10-4-2-5-10)17(35(21,31)32)15(11)18-24-26-27-25-18/h3,6-10H,2,4-5H2,1H3,(H,22,23)(H2,21,31,32)(H,24,25,26,27). The number of carbonyl (C=O) groups excluding carboxylic acids is 1. The van der Waals surface area contributed by atoms with E-state index >= 15 is 0 Å². The number of hydrogen-bond donors (Lipinski definition) is 3. The van der Waals surface area contributed by atoms with Crippen LogP contribution in [0.1, 0.15) is 29.9 Å². The highest BCUT2D eigenvalue weighted by atomic mass is 32.2. The van der Waals surface area contributed by atoms with Crippen molar-refractivity contribution in [2.75, 3.05) is 7.11 Å². The van der Waals surface area contributed by atoms with Gasteiger partial charge in [-0.05, 0) is 35.8 Å². The predicted octanol–water partition coefficient (Wildman–Crippen LogP) is 1.17. The van der Waals surface area contributed by atoms with Crippen molar-refractivity contribution >= 4 is 36.9 Å². The van der Waals surface area contributed by atoms with E-state index in [4.69, 9.17) is 9.88 Å². The molecule has 0 bridgehead atoms. The van der Waals surface area contributed by atoms with E-state index in [1.807, 2.05) is 0 Å². The van der Waals surface area contributed by atoms with Crippen molar-refractivity contribution in [2.24, 2.45) is 5.14 Å². The number of imidazole rings is 1. The van der Waals surface area contributed by atoms with Crippen LogP contribution in [-0.4, -0.2) is 65.8 Å². The fraction of sp³-hybridized carbons (Fsp3) is 0.250. The number of carbonyl (C=O) groups is 1. The van der Waals surface area contributed by atoms with E-state index in [-0.39, 0.29) is 22.8 Å². The molecule has 0 radical (unpaired) electrons. The Labute approximate surface area is 199 Å². The molecule has 2 heterocycles. The average molecular weight is 518 g/mol. The lowest BCUT2D eigenvalue weighted by atomic mass is 9.98. The normalized spacial score (nSPS) is 14.7. The highest BCUT2D eigenvalue weighted by Gasteiger charge is 2.38. The number of primary sulfonamides is 1. The number of benzene rings is 2. The third kappa shape index (κ3) is 3.77. The first-order chi connectivity index (χ1) is 16.6. The van der Waals surface area contributed by atoms with Crippen molar-refractivity contribution in [1.82, 2.24) is 30.6 Å². The first-order valence-electron chi connectivity index (χ1n) is 10.4. The predicted molar refractivity (Wildman–Crippen MR) is 122 cm³/mol. The van der Waals surface area contributed by atoms with Gasteiger partial charge in [-0.2, -0.15) is 5.21 Å². The summed E-state index contributed by atoms with van der Waals surface area (Å²) in [5.41, 5.74) is 1.25. The fourth-order valence-electron chi connectivity index (χ4n) is 4.09. The number of tetrazole rings is 1. The van der Waals surface area contributed by atoms with Gasteiger partial charge >= 0.3 is 5.97 Å². The lowest BCUT2D eigenvalue weighted by Crippen LogP contribution is -2.30. The molecular formula is C20H19N7O6S2. The third-order valence-corrected chi connectivity index (χ3v) is 9.38. The van der Waals surface area contributed by atoms with Gasteiger partial charge in [0.05, 0.1) is 33.9 Å². The number of aromatic amines is 2. The van der Waals surface area contributed by atoms with Crippen molar-refractivity contribution in [1.29, 1.82) is 0 Å². The van der Waals surface area contributed by atoms with Crippen LogP contribution in [0.4, 0.5) is 0 Å². The lowest BCUT2D eigenvalue weighted by Gasteiger charge is -2.26. The quantitative estimate of drug-likeness (QED) is 0.311. The molecule has 0 saturated heterocycles. The molecule has 0 aliphatic heterocycles. The van der Waals surface area contributed by atoms with Crippen molar-refractivity contribution in [3.63, 3.8) is 0 Å². The van der Waals surface area contributed by atoms with Crippen LogP contribution in [0.25, 0.3) is 33.5 Å². The Morgan fingerprint density at radius 1 is 1.11 bits per heavy atom. The second-order valence-corrected chi connectivity index (χ2v) is 11.7. The molecule has 35 heavy (non-hydrogen) atoms. The van der Waals surface area contributed by atoms with E-state index in [1.165, 1.54) is 19.2 Å². The van der Waals surface area contributed by atoms with Crippen LogP contribution in [0.15, 0.2) is 40.1 Å². The Morgan fingerprint density at radius 2 is 1.89 bits per heavy atom. The molecule has 4 N–H and O–H groups in total. The second-order valence-electron chi connectivity index (χ2n) is 7.97. The van der Waals surface area contributed by atoms with E-state index in [1.54, 1.807) is 18.2 Å². The molecule has 13 nitrogen and oxygen atoms in total. The van der Waals surface area contributed by atoms with Crippen molar-refractivity contribution in [3.8, 4) is 22.5 Å². The molecule has 0 amide bonds. The smallest absolute Gasteiger partial charge is 0.374 e. The number of methoxy groups -OCH3 is 1. The van der Waals surface area contributed by atoms with Gasteiger partial charge in [0.25, 0.3) is 0 Å². The summed E-state index contributed by atoms with van der Waals surface area (Å²) in [4.78, 5) is 18.1. The molecule has 1 saturated carbocycles. The summed E-state index contributed by atoms with van der Waals surface area (Å²) >= 11 is 0. The van der Waals surface area contributed by atoms with Crippen molar-refractivity contribution in [3.05, 3.63) is 36.2 Å². The Hall–Kier alpha value is -3.69. The van der Waals surface area contributed by atoms with E-state index in [2.05, 4.69) is 30.6 Å². The lowest BCUT2D eigenvalue weighted by molar-refractivity contribution is 0.0588. The SMILES string of the molecule is COC(=O)c1nc2c(-c3ccc(S(=O)(=O)C4CCC4)c(S(N)(=O)=O)c3-c3nn[nH]n3)cccc2[nH]1. The summed E-state index contributed by atoms with van der Waals surface area (Å²) in [5.74, 6) is -0.931. The molecule has 1 fully saturated rings. The zero-order valence-electron chi connectivity index (χ0n) is 18.2. The zero-order valence-corrected chi connectivity index (χ0v) is 19.9. The number of H-pyrrole nitrogens is 2. The Morgan fingerprint density at radius 3 is 2.49 bits per heavy atom. The Balaban J connectivity index is 1.87. The van der Waals surface area contributed by atoms with Crippen LogP contribution in [-0.2, 0) is 24.6 Å². The maximum Gasteiger partial charge on any atom is 0.374 e. The van der Waals surface area contributed by atoms with Gasteiger partial charge in [-0.1, -0.05) is 24.6 Å². The van der Waals surface area contributed by atoms with Crippen LogP contribution in [0, 0.1) is 0 Å². The molecule has 1 aliphatic rings. The van der Waals surface area contributed by atoms with Crippen LogP contribution in [0.2, 0.25) is 0 Å². The number of rotatable bonds is 6. The average Bonchev–Trinajstić information content (AvgIpc) is 3.45. The number of sulfone groups is 1. The van der Waals surface area contributed by atoms with Gasteiger partial charge in [0, 0.05) is 5.56 Å². The zero-order chi connectivity index (χ0) is 25.0. The summed E-state index contributed by atoms with van der Waals surface area (Å²) in [5, 5.41) is 18.5. The molecule has 0 unspecified atom stereocenters. The molecule has 1 aliphatic carbocycles. The molecule has 0 spiro atoms. The van der Waals surface area contributed by atoms with E-state index in [9.17, 15) is 21.6 Å². The van der Waals surface area contributed by atoms with E-state index in [0.717, 1.165) is 6.42 Å². The van der Waals surface area contributed by atoms with Crippen LogP contribution in [0.5, 0.6) is 0 Å². The number of nitrogens with two attached hydrogens (primary N) is 1. The van der Waals surface area contributed by atoms with Crippen molar-refractivity contribution < 1.29 is 26.4 Å². The number of nitrogens with zero attached hydrogens (tertiary/aromatic N) is 4. The summed E-state index contributed by atoms with van der Waals surface area (Å²) < 4.78 is 57.1. The van der Waals surface area contributed by atoms with Gasteiger partial charge in [0.1, 0.15) is 4.90 Å². The number of ether oxygens (including phenoxy) is 1. The van der Waals surface area contributed by atoms with E-state index < -0.39 is 40.9 Å². The minimum atomic E-state index is -4.59. The number of aromatic nitrogens is 6. The molecular weight excluding hydrogens is 498 g/mol. The maximum absolute atomic E-state index is 13.3. The molecule has 182 valence electrons. The third-order valence-electron chi connectivity index (χ3n) is 5.95. The van der Waals surface area contributed by atoms with Gasteiger partial charge in [-0.3, -0.25) is 0 Å². The summed E-state index contributed by atoms with van der Waals surface area (Å²) in [6, 6.07) is 7.64. The number of fused-ring (bicyclic) bond motifs is 1. The second kappa shape index (κ2) is 8.21. The van der Waals surface area contributed by atoms with Gasteiger partial charge in [-0.15, -0.1) is 10.2 Å². The number of hydrogen-bond acceptors (Lipinski definition) is 10. The molecule has 0 atom stereocenters. The first-order valence-corrected chi connectivity index (χ1v) is 13.5. The highest BCUT2D eigenvalue weighted by Crippen LogP contribution is 2.43. The van der Waals surface area contributed by atoms with Crippen LogP contribution in [0.3, 0.4) is 0 Å². The first kappa shape index (κ1) is 23.1. The number of sulfonamides is 1. The minimum absolute atomic E-state index is 0.0630. The maximum atomic E-state index is 13.3. The Kier molecular flexibility index (Phi) is 5.41. The number of para-hydroxylation sites is 1. The molecule has 5 rings (SSSR count). The number of esters is 1. The molecule has 4 aromatic rings. The van der Waals surface area contributed by atoms with Gasteiger partial charge in [0.2, 0.25) is 21.7 Å². The summed E-state index contributed by atoms with van der Waals surface area (Å²) in [6.45, 7) is 0. The summed E-state index contributed by atoms with van der Waals surface area (Å²) in [6.07, 6.45) is 1.58. The van der Waals surface area contributed by atoms with Crippen LogP contribution < -0.4 is 5.14 Å². The van der Waals surface area contributed by atoms with E-state index in [0.29, 0.717) is 29.4 Å². The molecule has 2 aromatic carbocycles. The summed E-state index contributed by atoms with van der Waals surface area (Å²) in [7, 11) is -7.39. The monoisotopic (exact) mass is 517 g/mol. The topological polar surface area (TPSA) is 204 Å². The minimum Gasteiger partial charge on any atom is -0.463 e. The van der Waals surface area contributed by atoms with Crippen LogP contribution >= 0.6 is 0 Å². The molecule has 2 aromatic heterocycles. The Bertz CT molecular complexity index is 1670. The van der Waals surface area contributed by atoms with Crippen molar-refractivity contribution in [2.45, 2.75) is 34.3 Å². The highest BCUT2D eigenvalue weighted by molar-refractivity contribution is 7.94. The fourth-order valence-corrected chi connectivity index (χ4v) is 7.55. The molecule has 15 heteroatoms. The van der Waals surface area contributed by atoms with Gasteiger partial charge in [-0.25, -0.2) is 31.8 Å². The van der Waals surface area contributed by atoms with Gasteiger partial charge < -0.3 is 9.72 Å².